The number of nitrogens with one attached hydrogen (secondary N) is 2. The first-order chi connectivity index (χ1) is 15.1. The van der Waals surface area contributed by atoms with Crippen LogP contribution in [0.15, 0.2) is 18.2 Å². The van der Waals surface area contributed by atoms with Crippen LogP contribution in [-0.2, 0) is 14.3 Å². The number of benzene rings is 1. The second-order valence-corrected chi connectivity index (χ2v) is 9.60. The SMILES string of the molecule is CC1c2cc(C3CNCCN3C(=O)OC(C)(C)C)ccc2C(=O)N1C1CCC(=O)NC1=O. The molecule has 0 saturated carbocycles. The van der Waals surface area contributed by atoms with Gasteiger partial charge < -0.3 is 15.0 Å². The maximum Gasteiger partial charge on any atom is 0.410 e. The van der Waals surface area contributed by atoms with Crippen molar-refractivity contribution in [2.45, 2.75) is 64.3 Å². The van der Waals surface area contributed by atoms with Gasteiger partial charge in [0.25, 0.3) is 5.91 Å². The number of amides is 4. The molecule has 4 rings (SSSR count). The standard InChI is InChI=1S/C23H30N4O5/c1-13-16-11-14(18-12-24-9-10-26(18)22(31)32-23(2,3)4)5-6-15(16)21(30)27(13)17-7-8-19(28)25-20(17)29/h5-6,11,13,17-18,24H,7-10,12H2,1-4H3,(H,25,28,29). The van der Waals surface area contributed by atoms with E-state index in [2.05, 4.69) is 10.6 Å². The number of hydrogen-bond donors (Lipinski definition) is 2. The summed E-state index contributed by atoms with van der Waals surface area (Å²) in [5.41, 5.74) is 1.70. The molecule has 32 heavy (non-hydrogen) atoms. The van der Waals surface area contributed by atoms with E-state index >= 15 is 0 Å². The number of hydrogen-bond acceptors (Lipinski definition) is 6. The highest BCUT2D eigenvalue weighted by atomic mass is 16.6. The van der Waals surface area contributed by atoms with Crippen molar-refractivity contribution in [2.24, 2.45) is 0 Å². The van der Waals surface area contributed by atoms with Gasteiger partial charge in [-0.15, -0.1) is 0 Å². The number of nitrogens with zero attached hydrogens (tertiary/aromatic N) is 2. The summed E-state index contributed by atoms with van der Waals surface area (Å²) in [5, 5.41) is 5.66. The van der Waals surface area contributed by atoms with E-state index < -0.39 is 17.6 Å². The molecular formula is C23H30N4O5. The Balaban J connectivity index is 1.60. The molecule has 0 radical (unpaired) electrons. The van der Waals surface area contributed by atoms with E-state index in [1.807, 2.05) is 39.8 Å². The second-order valence-electron chi connectivity index (χ2n) is 9.60. The van der Waals surface area contributed by atoms with Crippen molar-refractivity contribution in [2.75, 3.05) is 19.6 Å². The molecule has 4 amide bonds. The summed E-state index contributed by atoms with van der Waals surface area (Å²) < 4.78 is 5.60. The molecule has 0 aliphatic carbocycles. The molecule has 0 bridgehead atoms. The molecule has 1 aromatic carbocycles. The van der Waals surface area contributed by atoms with Gasteiger partial charge in [0, 0.05) is 31.6 Å². The molecule has 2 saturated heterocycles. The van der Waals surface area contributed by atoms with E-state index in [9.17, 15) is 19.2 Å². The van der Waals surface area contributed by atoms with Crippen LogP contribution in [0.5, 0.6) is 0 Å². The van der Waals surface area contributed by atoms with Crippen LogP contribution in [0.25, 0.3) is 0 Å². The zero-order valence-corrected chi connectivity index (χ0v) is 18.9. The summed E-state index contributed by atoms with van der Waals surface area (Å²) in [5.74, 6) is -0.946. The molecule has 9 nitrogen and oxygen atoms in total. The van der Waals surface area contributed by atoms with Crippen molar-refractivity contribution >= 4 is 23.8 Å². The van der Waals surface area contributed by atoms with Crippen molar-refractivity contribution in [3.05, 3.63) is 34.9 Å². The fourth-order valence-corrected chi connectivity index (χ4v) is 4.69. The molecule has 3 atom stereocenters. The summed E-state index contributed by atoms with van der Waals surface area (Å²) in [7, 11) is 0. The van der Waals surface area contributed by atoms with Gasteiger partial charge in [0.15, 0.2) is 0 Å². The minimum atomic E-state index is -0.666. The Morgan fingerprint density at radius 3 is 2.59 bits per heavy atom. The number of fused-ring (bicyclic) bond motifs is 1. The lowest BCUT2D eigenvalue weighted by molar-refractivity contribution is -0.137. The minimum absolute atomic E-state index is 0.209. The third kappa shape index (κ3) is 4.09. The quantitative estimate of drug-likeness (QED) is 0.678. The fraction of sp³-hybridized carbons (Fsp3) is 0.565. The first-order valence-electron chi connectivity index (χ1n) is 11.1. The zero-order chi connectivity index (χ0) is 23.2. The number of piperidine rings is 1. The van der Waals surface area contributed by atoms with Crippen LogP contribution in [0, 0.1) is 0 Å². The first kappa shape index (κ1) is 22.3. The van der Waals surface area contributed by atoms with Gasteiger partial charge in [-0.3, -0.25) is 24.6 Å². The molecule has 0 aromatic heterocycles. The van der Waals surface area contributed by atoms with Gasteiger partial charge in [0.1, 0.15) is 11.6 Å². The lowest BCUT2D eigenvalue weighted by Crippen LogP contribution is -2.53. The summed E-state index contributed by atoms with van der Waals surface area (Å²) in [6.45, 7) is 9.20. The largest absolute Gasteiger partial charge is 0.444 e. The summed E-state index contributed by atoms with van der Waals surface area (Å²) >= 11 is 0. The zero-order valence-electron chi connectivity index (χ0n) is 18.9. The Morgan fingerprint density at radius 1 is 1.16 bits per heavy atom. The minimum Gasteiger partial charge on any atom is -0.444 e. The Labute approximate surface area is 187 Å². The van der Waals surface area contributed by atoms with Crippen LogP contribution in [0.3, 0.4) is 0 Å². The molecule has 172 valence electrons. The van der Waals surface area contributed by atoms with E-state index in [4.69, 9.17) is 4.74 Å². The molecule has 3 aliphatic rings. The molecule has 3 heterocycles. The Kier molecular flexibility index (Phi) is 5.70. The van der Waals surface area contributed by atoms with E-state index in [0.29, 0.717) is 31.6 Å². The lowest BCUT2D eigenvalue weighted by atomic mass is 9.96. The lowest BCUT2D eigenvalue weighted by Gasteiger charge is -2.37. The number of carbonyl (C=O) groups excluding carboxylic acids is 4. The third-order valence-corrected chi connectivity index (χ3v) is 6.21. The maximum atomic E-state index is 13.1. The number of carbonyl (C=O) groups is 4. The van der Waals surface area contributed by atoms with E-state index in [1.54, 1.807) is 15.9 Å². The number of imide groups is 1. The number of piperazine rings is 1. The summed E-state index contributed by atoms with van der Waals surface area (Å²) in [6.07, 6.45) is 0.173. The molecule has 9 heteroatoms. The Hall–Kier alpha value is -2.94. The summed E-state index contributed by atoms with van der Waals surface area (Å²) in [4.78, 5) is 53.1. The van der Waals surface area contributed by atoms with Crippen molar-refractivity contribution in [1.82, 2.24) is 20.4 Å². The van der Waals surface area contributed by atoms with Crippen molar-refractivity contribution in [1.29, 1.82) is 0 Å². The average Bonchev–Trinajstić information content (AvgIpc) is 2.97. The molecule has 0 spiro atoms. The van der Waals surface area contributed by atoms with Crippen LogP contribution < -0.4 is 10.6 Å². The molecular weight excluding hydrogens is 412 g/mol. The molecule has 3 unspecified atom stereocenters. The predicted molar refractivity (Wildman–Crippen MR) is 116 cm³/mol. The average molecular weight is 443 g/mol. The first-order valence-corrected chi connectivity index (χ1v) is 11.1. The smallest absolute Gasteiger partial charge is 0.410 e. The Morgan fingerprint density at radius 2 is 1.91 bits per heavy atom. The molecule has 1 aromatic rings. The van der Waals surface area contributed by atoms with E-state index in [0.717, 1.165) is 11.1 Å². The van der Waals surface area contributed by atoms with E-state index in [-0.39, 0.29) is 36.4 Å². The highest BCUT2D eigenvalue weighted by Crippen LogP contribution is 2.38. The molecule has 3 aliphatic heterocycles. The fourth-order valence-electron chi connectivity index (χ4n) is 4.69. The van der Waals surface area contributed by atoms with Crippen LogP contribution >= 0.6 is 0 Å². The van der Waals surface area contributed by atoms with Crippen molar-refractivity contribution in [3.63, 3.8) is 0 Å². The van der Waals surface area contributed by atoms with Crippen LogP contribution in [-0.4, -0.2) is 64.9 Å². The third-order valence-electron chi connectivity index (χ3n) is 6.21. The van der Waals surface area contributed by atoms with E-state index in [1.165, 1.54) is 0 Å². The maximum absolute atomic E-state index is 13.1. The van der Waals surface area contributed by atoms with Crippen molar-refractivity contribution in [3.8, 4) is 0 Å². The van der Waals surface area contributed by atoms with Gasteiger partial charge in [-0.1, -0.05) is 12.1 Å². The summed E-state index contributed by atoms with van der Waals surface area (Å²) in [6, 6.07) is 4.40. The van der Waals surface area contributed by atoms with Crippen molar-refractivity contribution < 1.29 is 23.9 Å². The Bertz CT molecular complexity index is 970. The highest BCUT2D eigenvalue weighted by molar-refractivity contribution is 6.05. The number of rotatable bonds is 2. The van der Waals surface area contributed by atoms with Gasteiger partial charge in [-0.25, -0.2) is 4.79 Å². The predicted octanol–water partition coefficient (Wildman–Crippen LogP) is 1.89. The van der Waals surface area contributed by atoms with Crippen LogP contribution in [0.2, 0.25) is 0 Å². The molecule has 2 N–H and O–H groups in total. The topological polar surface area (TPSA) is 108 Å². The van der Waals surface area contributed by atoms with Gasteiger partial charge in [-0.05, 0) is 51.3 Å². The highest BCUT2D eigenvalue weighted by Gasteiger charge is 2.43. The molecule has 2 fully saturated rings. The van der Waals surface area contributed by atoms with Crippen LogP contribution in [0.4, 0.5) is 4.79 Å². The number of ether oxygens (including phenoxy) is 1. The van der Waals surface area contributed by atoms with Gasteiger partial charge in [-0.2, -0.15) is 0 Å². The monoisotopic (exact) mass is 442 g/mol. The van der Waals surface area contributed by atoms with Gasteiger partial charge >= 0.3 is 6.09 Å². The van der Waals surface area contributed by atoms with Gasteiger partial charge in [0.2, 0.25) is 11.8 Å². The van der Waals surface area contributed by atoms with Gasteiger partial charge in [0.05, 0.1) is 12.1 Å². The normalized spacial score (nSPS) is 26.1. The van der Waals surface area contributed by atoms with Crippen LogP contribution in [0.1, 0.15) is 74.1 Å². The second kappa shape index (κ2) is 8.20.